The lowest BCUT2D eigenvalue weighted by molar-refractivity contribution is -0.156. The van der Waals surface area contributed by atoms with Gasteiger partial charge in [0.2, 0.25) is 0 Å². The van der Waals surface area contributed by atoms with Crippen LogP contribution in [0.1, 0.15) is 38.1 Å². The zero-order chi connectivity index (χ0) is 13.1. The van der Waals surface area contributed by atoms with Gasteiger partial charge in [-0.3, -0.25) is 4.98 Å². The van der Waals surface area contributed by atoms with Crippen molar-refractivity contribution in [3.8, 4) is 0 Å². The quantitative estimate of drug-likeness (QED) is 0.765. The summed E-state index contributed by atoms with van der Waals surface area (Å²) in [5, 5.41) is 8.84. The molecule has 1 heterocycles. The molecule has 5 heteroatoms. The van der Waals surface area contributed by atoms with Crippen LogP contribution in [0.2, 0.25) is 0 Å². The fourth-order valence-electron chi connectivity index (χ4n) is 1.21. The zero-order valence-corrected chi connectivity index (χ0v) is 10.3. The summed E-state index contributed by atoms with van der Waals surface area (Å²) in [4.78, 5) is 15.6. The van der Waals surface area contributed by atoms with Crippen LogP contribution in [0.3, 0.4) is 0 Å². The largest absolute Gasteiger partial charge is 0.459 e. The molecule has 94 valence electrons. The van der Waals surface area contributed by atoms with Crippen molar-refractivity contribution in [2.45, 2.75) is 39.0 Å². The number of aliphatic hydroxyl groups excluding tert-OH is 1. The van der Waals surface area contributed by atoms with Gasteiger partial charge in [0.1, 0.15) is 11.6 Å². The van der Waals surface area contributed by atoms with Crippen LogP contribution in [-0.2, 0) is 16.1 Å². The summed E-state index contributed by atoms with van der Waals surface area (Å²) in [5.74, 6) is -0.490. The average Bonchev–Trinajstić information content (AvgIpc) is 2.26. The summed E-state index contributed by atoms with van der Waals surface area (Å²) in [6.07, 6.45) is 1.47. The first-order valence-electron chi connectivity index (χ1n) is 5.37. The minimum Gasteiger partial charge on any atom is -0.459 e. The fraction of sp³-hybridized carbons (Fsp3) is 0.500. The number of nitrogens with two attached hydrogens (primary N) is 1. The molecule has 1 aromatic heterocycles. The molecule has 3 N–H and O–H groups in total. The third-order valence-electron chi connectivity index (χ3n) is 2.03. The monoisotopic (exact) mass is 238 g/mol. The van der Waals surface area contributed by atoms with Gasteiger partial charge in [-0.1, -0.05) is 6.07 Å². The summed E-state index contributed by atoms with van der Waals surface area (Å²) in [5.41, 5.74) is 6.30. The molecule has 17 heavy (non-hydrogen) atoms. The molecule has 0 bridgehead atoms. The van der Waals surface area contributed by atoms with Crippen LogP contribution in [0.5, 0.6) is 0 Å². The number of esters is 1. The molecule has 1 atom stereocenters. The molecule has 1 aromatic rings. The smallest absolute Gasteiger partial charge is 0.328 e. The van der Waals surface area contributed by atoms with Crippen LogP contribution in [0.4, 0.5) is 0 Å². The molecular formula is C12H18N2O3. The Morgan fingerprint density at radius 1 is 1.53 bits per heavy atom. The van der Waals surface area contributed by atoms with Crippen LogP contribution in [-0.4, -0.2) is 21.7 Å². The molecule has 0 aliphatic carbocycles. The minimum absolute atomic E-state index is 0.137. The Morgan fingerprint density at radius 3 is 2.59 bits per heavy atom. The Balaban J connectivity index is 2.74. The number of carbonyl (C=O) groups is 1. The van der Waals surface area contributed by atoms with E-state index in [-0.39, 0.29) is 6.61 Å². The van der Waals surface area contributed by atoms with E-state index in [1.807, 2.05) is 0 Å². The first kappa shape index (κ1) is 13.6. The number of rotatable bonds is 3. The van der Waals surface area contributed by atoms with E-state index in [0.29, 0.717) is 11.3 Å². The van der Waals surface area contributed by atoms with Crippen molar-refractivity contribution in [1.29, 1.82) is 0 Å². The molecule has 0 amide bonds. The normalized spacial score (nSPS) is 13.2. The Kier molecular flexibility index (Phi) is 4.20. The molecule has 0 spiro atoms. The highest BCUT2D eigenvalue weighted by Gasteiger charge is 2.23. The van der Waals surface area contributed by atoms with Crippen molar-refractivity contribution >= 4 is 5.97 Å². The number of pyridine rings is 1. The Bertz CT molecular complexity index is 382. The highest BCUT2D eigenvalue weighted by molar-refractivity contribution is 5.77. The summed E-state index contributed by atoms with van der Waals surface area (Å²) in [7, 11) is 0. The van der Waals surface area contributed by atoms with Gasteiger partial charge in [-0.25, -0.2) is 4.79 Å². The van der Waals surface area contributed by atoms with Gasteiger partial charge in [0.25, 0.3) is 0 Å². The van der Waals surface area contributed by atoms with E-state index in [1.54, 1.807) is 32.9 Å². The molecule has 0 aliphatic heterocycles. The Morgan fingerprint density at radius 2 is 2.18 bits per heavy atom. The van der Waals surface area contributed by atoms with Crippen molar-refractivity contribution in [1.82, 2.24) is 4.98 Å². The highest BCUT2D eigenvalue weighted by Crippen LogP contribution is 2.16. The predicted molar refractivity (Wildman–Crippen MR) is 62.9 cm³/mol. The van der Waals surface area contributed by atoms with Crippen molar-refractivity contribution < 1.29 is 14.6 Å². The fourth-order valence-corrected chi connectivity index (χ4v) is 1.21. The lowest BCUT2D eigenvalue weighted by Gasteiger charge is -2.22. The number of aromatic nitrogens is 1. The SMILES string of the molecule is CC(C)(C)OC(=O)C(N)c1ccc(CO)nc1. The second-order valence-electron chi connectivity index (χ2n) is 4.75. The van der Waals surface area contributed by atoms with Gasteiger partial charge in [-0.2, -0.15) is 0 Å². The van der Waals surface area contributed by atoms with Crippen LogP contribution in [0, 0.1) is 0 Å². The van der Waals surface area contributed by atoms with Gasteiger partial charge in [-0.15, -0.1) is 0 Å². The van der Waals surface area contributed by atoms with Crippen molar-refractivity contribution in [2.75, 3.05) is 0 Å². The van der Waals surface area contributed by atoms with Gasteiger partial charge >= 0.3 is 5.97 Å². The first-order valence-corrected chi connectivity index (χ1v) is 5.37. The van der Waals surface area contributed by atoms with E-state index >= 15 is 0 Å². The number of nitrogens with zero attached hydrogens (tertiary/aromatic N) is 1. The summed E-state index contributed by atoms with van der Waals surface area (Å²) >= 11 is 0. The van der Waals surface area contributed by atoms with Gasteiger partial charge in [-0.05, 0) is 32.4 Å². The number of aliphatic hydroxyl groups is 1. The van der Waals surface area contributed by atoms with Crippen LogP contribution >= 0.6 is 0 Å². The Labute approximate surface area is 101 Å². The van der Waals surface area contributed by atoms with E-state index in [4.69, 9.17) is 15.6 Å². The molecular weight excluding hydrogens is 220 g/mol. The average molecular weight is 238 g/mol. The topological polar surface area (TPSA) is 85.4 Å². The maximum Gasteiger partial charge on any atom is 0.328 e. The van der Waals surface area contributed by atoms with E-state index < -0.39 is 17.6 Å². The van der Waals surface area contributed by atoms with Crippen LogP contribution < -0.4 is 5.73 Å². The standard InChI is InChI=1S/C12H18N2O3/c1-12(2,3)17-11(16)10(13)8-4-5-9(7-15)14-6-8/h4-6,10,15H,7,13H2,1-3H3. The van der Waals surface area contributed by atoms with Crippen LogP contribution in [0.25, 0.3) is 0 Å². The van der Waals surface area contributed by atoms with Crippen molar-refractivity contribution in [3.05, 3.63) is 29.6 Å². The molecule has 0 fully saturated rings. The number of hydrogen-bond acceptors (Lipinski definition) is 5. The number of ether oxygens (including phenoxy) is 1. The second kappa shape index (κ2) is 5.25. The van der Waals surface area contributed by atoms with Crippen LogP contribution in [0.15, 0.2) is 18.3 Å². The predicted octanol–water partition coefficient (Wildman–Crippen LogP) is 0.915. The maximum atomic E-state index is 11.7. The summed E-state index contributed by atoms with van der Waals surface area (Å²) < 4.78 is 5.17. The molecule has 0 saturated heterocycles. The van der Waals surface area contributed by atoms with Gasteiger partial charge in [0.15, 0.2) is 0 Å². The highest BCUT2D eigenvalue weighted by atomic mass is 16.6. The third-order valence-corrected chi connectivity index (χ3v) is 2.03. The van der Waals surface area contributed by atoms with E-state index in [0.717, 1.165) is 0 Å². The zero-order valence-electron chi connectivity index (χ0n) is 10.3. The van der Waals surface area contributed by atoms with Gasteiger partial charge < -0.3 is 15.6 Å². The first-order chi connectivity index (χ1) is 7.83. The van der Waals surface area contributed by atoms with E-state index in [1.165, 1.54) is 6.20 Å². The number of hydrogen-bond donors (Lipinski definition) is 2. The lowest BCUT2D eigenvalue weighted by atomic mass is 10.1. The van der Waals surface area contributed by atoms with Gasteiger partial charge in [0.05, 0.1) is 12.3 Å². The molecule has 0 aliphatic rings. The molecule has 0 saturated carbocycles. The maximum absolute atomic E-state index is 11.7. The molecule has 0 radical (unpaired) electrons. The van der Waals surface area contributed by atoms with Gasteiger partial charge in [0, 0.05) is 6.20 Å². The summed E-state index contributed by atoms with van der Waals surface area (Å²) in [6.45, 7) is 5.21. The lowest BCUT2D eigenvalue weighted by Crippen LogP contribution is -2.31. The molecule has 0 aromatic carbocycles. The summed E-state index contributed by atoms with van der Waals surface area (Å²) in [6, 6.07) is 2.43. The second-order valence-corrected chi connectivity index (χ2v) is 4.75. The number of carbonyl (C=O) groups excluding carboxylic acids is 1. The third kappa shape index (κ3) is 4.13. The molecule has 1 unspecified atom stereocenters. The Hall–Kier alpha value is -1.46. The molecule has 5 nitrogen and oxygen atoms in total. The van der Waals surface area contributed by atoms with E-state index in [9.17, 15) is 4.79 Å². The molecule has 1 rings (SSSR count). The van der Waals surface area contributed by atoms with Crippen molar-refractivity contribution in [3.63, 3.8) is 0 Å². The van der Waals surface area contributed by atoms with Crippen molar-refractivity contribution in [2.24, 2.45) is 5.73 Å². The minimum atomic E-state index is -0.852. The van der Waals surface area contributed by atoms with E-state index in [2.05, 4.69) is 4.98 Å².